The van der Waals surface area contributed by atoms with Crippen LogP contribution >= 0.6 is 0 Å². The fourth-order valence-electron chi connectivity index (χ4n) is 0.822. The molecular formula is C8H11N3O. The van der Waals surface area contributed by atoms with Crippen LogP contribution < -0.4 is 11.1 Å². The number of rotatable bonds is 2. The first-order chi connectivity index (χ1) is 5.74. The van der Waals surface area contributed by atoms with Gasteiger partial charge in [-0.3, -0.25) is 9.78 Å². The third-order valence-corrected chi connectivity index (χ3v) is 1.35. The van der Waals surface area contributed by atoms with E-state index < -0.39 is 0 Å². The Morgan fingerprint density at radius 1 is 1.75 bits per heavy atom. The Kier molecular flexibility index (Phi) is 2.63. The number of carbonyl (C=O) groups excluding carboxylic acids is 1. The summed E-state index contributed by atoms with van der Waals surface area (Å²) in [7, 11) is 0. The lowest BCUT2D eigenvalue weighted by molar-refractivity contribution is 0.0951. The number of nitrogen functional groups attached to an aromatic ring is 1. The molecule has 0 aliphatic heterocycles. The van der Waals surface area contributed by atoms with E-state index in [4.69, 9.17) is 5.73 Å². The zero-order valence-electron chi connectivity index (χ0n) is 6.87. The highest BCUT2D eigenvalue weighted by Crippen LogP contribution is 2.01. The first-order valence-electron chi connectivity index (χ1n) is 3.73. The molecule has 0 atom stereocenters. The summed E-state index contributed by atoms with van der Waals surface area (Å²) in [6.07, 6.45) is 1.51. The summed E-state index contributed by atoms with van der Waals surface area (Å²) in [4.78, 5) is 15.0. The molecule has 4 nitrogen and oxygen atoms in total. The number of nitrogens with zero attached hydrogens (tertiary/aromatic N) is 1. The lowest BCUT2D eigenvalue weighted by Gasteiger charge is -2.00. The summed E-state index contributed by atoms with van der Waals surface area (Å²) < 4.78 is 0. The smallest absolute Gasteiger partial charge is 0.269 e. The maximum Gasteiger partial charge on any atom is 0.269 e. The number of pyridine rings is 1. The number of nitrogens with one attached hydrogen (secondary N) is 1. The molecule has 0 radical (unpaired) electrons. The second kappa shape index (κ2) is 3.71. The van der Waals surface area contributed by atoms with Crippen molar-refractivity contribution in [2.75, 3.05) is 12.3 Å². The molecule has 0 fully saturated rings. The van der Waals surface area contributed by atoms with E-state index in [1.54, 1.807) is 12.1 Å². The highest BCUT2D eigenvalue weighted by molar-refractivity contribution is 5.92. The van der Waals surface area contributed by atoms with E-state index in [1.165, 1.54) is 6.20 Å². The summed E-state index contributed by atoms with van der Waals surface area (Å²) in [5.74, 6) is -0.190. The Morgan fingerprint density at radius 2 is 2.50 bits per heavy atom. The SMILES string of the molecule is CCNC(=O)c1cc(N)ccn1. The predicted octanol–water partition coefficient (Wildman–Crippen LogP) is 0.414. The molecule has 1 aromatic rings. The van der Waals surface area contributed by atoms with Gasteiger partial charge in [-0.05, 0) is 19.1 Å². The minimum absolute atomic E-state index is 0.190. The number of carbonyl (C=O) groups is 1. The number of anilines is 1. The zero-order chi connectivity index (χ0) is 8.97. The Labute approximate surface area is 70.8 Å². The van der Waals surface area contributed by atoms with Crippen molar-refractivity contribution in [3.05, 3.63) is 24.0 Å². The van der Waals surface area contributed by atoms with Gasteiger partial charge in [0, 0.05) is 18.4 Å². The van der Waals surface area contributed by atoms with Gasteiger partial charge in [-0.1, -0.05) is 0 Å². The van der Waals surface area contributed by atoms with Crippen LogP contribution in [0.5, 0.6) is 0 Å². The van der Waals surface area contributed by atoms with Crippen molar-refractivity contribution in [3.8, 4) is 0 Å². The largest absolute Gasteiger partial charge is 0.399 e. The van der Waals surface area contributed by atoms with Crippen LogP contribution in [0.25, 0.3) is 0 Å². The van der Waals surface area contributed by atoms with E-state index in [-0.39, 0.29) is 5.91 Å². The van der Waals surface area contributed by atoms with Gasteiger partial charge in [0.1, 0.15) is 5.69 Å². The van der Waals surface area contributed by atoms with Crippen molar-refractivity contribution in [1.29, 1.82) is 0 Å². The maximum atomic E-state index is 11.2. The van der Waals surface area contributed by atoms with Crippen molar-refractivity contribution in [3.63, 3.8) is 0 Å². The summed E-state index contributed by atoms with van der Waals surface area (Å²) in [6, 6.07) is 3.19. The molecule has 12 heavy (non-hydrogen) atoms. The summed E-state index contributed by atoms with van der Waals surface area (Å²) in [5.41, 5.74) is 6.38. The van der Waals surface area contributed by atoms with Crippen LogP contribution in [0.2, 0.25) is 0 Å². The first kappa shape index (κ1) is 8.52. The van der Waals surface area contributed by atoms with Crippen LogP contribution in [0.4, 0.5) is 5.69 Å². The third-order valence-electron chi connectivity index (χ3n) is 1.35. The molecule has 0 spiro atoms. The molecule has 0 unspecified atom stereocenters. The Balaban J connectivity index is 2.81. The Morgan fingerprint density at radius 3 is 3.08 bits per heavy atom. The molecule has 64 valence electrons. The molecule has 1 heterocycles. The van der Waals surface area contributed by atoms with Crippen molar-refractivity contribution in [2.24, 2.45) is 0 Å². The van der Waals surface area contributed by atoms with Gasteiger partial charge in [0.25, 0.3) is 5.91 Å². The van der Waals surface area contributed by atoms with Crippen LogP contribution in [0.3, 0.4) is 0 Å². The molecule has 0 saturated carbocycles. The topological polar surface area (TPSA) is 68.0 Å². The first-order valence-corrected chi connectivity index (χ1v) is 3.73. The number of aromatic nitrogens is 1. The average Bonchev–Trinajstić information content (AvgIpc) is 2.05. The number of amides is 1. The van der Waals surface area contributed by atoms with Gasteiger partial charge in [0.2, 0.25) is 0 Å². The van der Waals surface area contributed by atoms with Crippen LogP contribution in [-0.4, -0.2) is 17.4 Å². The molecule has 4 heteroatoms. The lowest BCUT2D eigenvalue weighted by atomic mass is 10.3. The van der Waals surface area contributed by atoms with Crippen molar-refractivity contribution in [1.82, 2.24) is 10.3 Å². The van der Waals surface area contributed by atoms with Gasteiger partial charge < -0.3 is 11.1 Å². The molecular weight excluding hydrogens is 154 g/mol. The van der Waals surface area contributed by atoms with E-state index >= 15 is 0 Å². The highest BCUT2D eigenvalue weighted by atomic mass is 16.1. The number of nitrogens with two attached hydrogens (primary N) is 1. The fourth-order valence-corrected chi connectivity index (χ4v) is 0.822. The maximum absolute atomic E-state index is 11.2. The minimum Gasteiger partial charge on any atom is -0.399 e. The van der Waals surface area contributed by atoms with Crippen LogP contribution in [0, 0.1) is 0 Å². The highest BCUT2D eigenvalue weighted by Gasteiger charge is 2.04. The molecule has 1 aromatic heterocycles. The van der Waals surface area contributed by atoms with Gasteiger partial charge >= 0.3 is 0 Å². The van der Waals surface area contributed by atoms with Gasteiger partial charge in [-0.15, -0.1) is 0 Å². The minimum atomic E-state index is -0.190. The number of hydrogen-bond donors (Lipinski definition) is 2. The van der Waals surface area contributed by atoms with Gasteiger partial charge in [-0.25, -0.2) is 0 Å². The van der Waals surface area contributed by atoms with Crippen molar-refractivity contribution >= 4 is 11.6 Å². The molecule has 0 aliphatic rings. The zero-order valence-corrected chi connectivity index (χ0v) is 6.87. The second-order valence-corrected chi connectivity index (χ2v) is 2.33. The van der Waals surface area contributed by atoms with E-state index in [2.05, 4.69) is 10.3 Å². The summed E-state index contributed by atoms with van der Waals surface area (Å²) >= 11 is 0. The van der Waals surface area contributed by atoms with E-state index in [9.17, 15) is 4.79 Å². The van der Waals surface area contributed by atoms with Gasteiger partial charge in [0.15, 0.2) is 0 Å². The normalized spacial score (nSPS) is 9.42. The third kappa shape index (κ3) is 1.95. The Hall–Kier alpha value is -1.58. The van der Waals surface area contributed by atoms with Gasteiger partial charge in [-0.2, -0.15) is 0 Å². The van der Waals surface area contributed by atoms with E-state index in [1.807, 2.05) is 6.92 Å². The summed E-state index contributed by atoms with van der Waals surface area (Å²) in [5, 5.41) is 2.63. The Bertz CT molecular complexity index is 285. The summed E-state index contributed by atoms with van der Waals surface area (Å²) in [6.45, 7) is 2.44. The molecule has 1 rings (SSSR count). The van der Waals surface area contributed by atoms with Crippen molar-refractivity contribution < 1.29 is 4.79 Å². The lowest BCUT2D eigenvalue weighted by Crippen LogP contribution is -2.23. The molecule has 0 saturated heterocycles. The fraction of sp³-hybridized carbons (Fsp3) is 0.250. The average molecular weight is 165 g/mol. The standard InChI is InChI=1S/C8H11N3O/c1-2-10-8(12)7-5-6(9)3-4-11-7/h3-5H,2H2,1H3,(H2,9,11)(H,10,12). The van der Waals surface area contributed by atoms with E-state index in [0.717, 1.165) is 0 Å². The molecule has 0 aromatic carbocycles. The van der Waals surface area contributed by atoms with Crippen LogP contribution in [0.1, 0.15) is 17.4 Å². The van der Waals surface area contributed by atoms with E-state index in [0.29, 0.717) is 17.9 Å². The van der Waals surface area contributed by atoms with Crippen LogP contribution in [-0.2, 0) is 0 Å². The predicted molar refractivity (Wildman–Crippen MR) is 46.7 cm³/mol. The molecule has 0 aliphatic carbocycles. The molecule has 1 amide bonds. The molecule has 0 bridgehead atoms. The van der Waals surface area contributed by atoms with Gasteiger partial charge in [0.05, 0.1) is 0 Å². The van der Waals surface area contributed by atoms with Crippen molar-refractivity contribution in [2.45, 2.75) is 6.92 Å². The quantitative estimate of drug-likeness (QED) is 0.667. The van der Waals surface area contributed by atoms with Crippen LogP contribution in [0.15, 0.2) is 18.3 Å². The molecule has 3 N–H and O–H groups in total. The second-order valence-electron chi connectivity index (χ2n) is 2.33. The number of hydrogen-bond acceptors (Lipinski definition) is 3. The monoisotopic (exact) mass is 165 g/mol.